The van der Waals surface area contributed by atoms with Crippen LogP contribution >= 0.6 is 0 Å². The number of unbranched alkanes of at least 4 members (excludes halogenated alkanes) is 26. The van der Waals surface area contributed by atoms with Gasteiger partial charge in [0.2, 0.25) is 0 Å². The summed E-state index contributed by atoms with van der Waals surface area (Å²) in [6, 6.07) is 0. The Morgan fingerprint density at radius 2 is 0.725 bits per heavy atom. The molecule has 11 heteroatoms. The maximum atomic E-state index is 11.3. The predicted octanol–water partition coefficient (Wildman–Crippen LogP) is 13.1. The van der Waals surface area contributed by atoms with Crippen LogP contribution in [0.5, 0.6) is 0 Å². The van der Waals surface area contributed by atoms with Crippen molar-refractivity contribution < 1.29 is 53.6 Å². The maximum absolute atomic E-state index is 11.3. The highest BCUT2D eigenvalue weighted by Crippen LogP contribution is 2.36. The summed E-state index contributed by atoms with van der Waals surface area (Å²) in [6.07, 6.45) is 33.5. The van der Waals surface area contributed by atoms with Crippen molar-refractivity contribution in [2.45, 2.75) is 272 Å². The lowest BCUT2D eigenvalue weighted by Crippen LogP contribution is -2.57. The van der Waals surface area contributed by atoms with Crippen molar-refractivity contribution in [3.8, 4) is 0 Å². The number of rotatable bonds is 47. The fourth-order valence-electron chi connectivity index (χ4n) is 10.2. The van der Waals surface area contributed by atoms with E-state index in [1.54, 1.807) is 7.11 Å². The summed E-state index contributed by atoms with van der Waals surface area (Å²) in [7, 11) is 1.61. The molecule has 69 heavy (non-hydrogen) atoms. The summed E-state index contributed by atoms with van der Waals surface area (Å²) in [6.45, 7) is 11.2. The van der Waals surface area contributed by atoms with Gasteiger partial charge in [0.15, 0.2) is 0 Å². The van der Waals surface area contributed by atoms with Gasteiger partial charge in [-0.1, -0.05) is 210 Å². The Kier molecular flexibility index (Phi) is 50.9. The van der Waals surface area contributed by atoms with Crippen molar-refractivity contribution in [1.82, 2.24) is 0 Å². The minimum Gasteiger partial charge on any atom is -0.390 e. The SMILES string of the molecule is C.C.C.CCCCCCCCCCCCCCCCOCCOCC1O[C@@H](COC[C@H]2C(O)C(O)[C@H](COC)C[C@H]2COCCOCCCCCCCCCCCCCCCC)C(O)[C@H](O)[C@@H]1CC. The molecule has 4 N–H and O–H groups in total. The zero-order valence-electron chi connectivity index (χ0n) is 43.4. The highest BCUT2D eigenvalue weighted by Gasteiger charge is 2.46. The van der Waals surface area contributed by atoms with Crippen LogP contribution in [0.15, 0.2) is 0 Å². The highest BCUT2D eigenvalue weighted by atomic mass is 16.6. The van der Waals surface area contributed by atoms with Gasteiger partial charge < -0.3 is 53.6 Å². The molecular weight excluding hydrogens is 873 g/mol. The third-order valence-electron chi connectivity index (χ3n) is 14.6. The molecule has 0 spiro atoms. The summed E-state index contributed by atoms with van der Waals surface area (Å²) in [5.41, 5.74) is 0. The van der Waals surface area contributed by atoms with E-state index >= 15 is 0 Å². The second kappa shape index (κ2) is 49.8. The van der Waals surface area contributed by atoms with Crippen LogP contribution in [0.2, 0.25) is 0 Å². The Morgan fingerprint density at radius 3 is 1.14 bits per heavy atom. The first-order valence-electron chi connectivity index (χ1n) is 28.1. The summed E-state index contributed by atoms with van der Waals surface area (Å²) in [4.78, 5) is 0. The van der Waals surface area contributed by atoms with E-state index in [0.29, 0.717) is 52.5 Å². The number of aliphatic hydroxyl groups is 4. The molecule has 1 heterocycles. The van der Waals surface area contributed by atoms with Crippen LogP contribution in [0.1, 0.15) is 236 Å². The van der Waals surface area contributed by atoms with Crippen molar-refractivity contribution in [3.63, 3.8) is 0 Å². The Bertz CT molecular complexity index is 1020. The summed E-state index contributed by atoms with van der Waals surface area (Å²) >= 11 is 0. The molecule has 1 saturated heterocycles. The molecule has 0 aromatic heterocycles. The molecule has 418 valence electrons. The van der Waals surface area contributed by atoms with E-state index in [9.17, 15) is 20.4 Å². The third-order valence-corrected chi connectivity index (χ3v) is 14.6. The van der Waals surface area contributed by atoms with Gasteiger partial charge in [-0.25, -0.2) is 0 Å². The van der Waals surface area contributed by atoms with E-state index in [-0.39, 0.29) is 65.8 Å². The standard InChI is InChI=1S/C55H108O11.3CH4/c1-5-8-10-12-14-16-18-20-22-24-26-28-30-32-34-61-36-38-63-42-46-40-47(41-60-4)52(56)54(58)49(46)43-65-45-51-55(59)53(57)48(7-3)50(66-51)44-64-39-37-62-35-33-31-29-27-25-23-21-19-17-15-13-11-9-6-2;;;/h46-59H,5-45H2,1-4H3;3*1H4/t46-,47-,48+,49+,50?,51-,52?,53+,54?,55?;;;/m0.../s1. The molecular formula is C58H120O11. The number of aliphatic hydroxyl groups excluding tert-OH is 4. The first kappa shape index (κ1) is 70.6. The van der Waals surface area contributed by atoms with Gasteiger partial charge in [-0.3, -0.25) is 0 Å². The monoisotopic (exact) mass is 993 g/mol. The van der Waals surface area contributed by atoms with Gasteiger partial charge in [0.05, 0.1) is 77.3 Å². The van der Waals surface area contributed by atoms with Gasteiger partial charge in [0, 0.05) is 44.7 Å². The minimum atomic E-state index is -1.11. The molecule has 1 aliphatic carbocycles. The van der Waals surface area contributed by atoms with E-state index in [1.807, 2.05) is 6.92 Å². The lowest BCUT2D eigenvalue weighted by atomic mass is 9.71. The van der Waals surface area contributed by atoms with E-state index in [0.717, 1.165) is 26.1 Å². The van der Waals surface area contributed by atoms with Crippen LogP contribution in [0.25, 0.3) is 0 Å². The van der Waals surface area contributed by atoms with E-state index in [4.69, 9.17) is 33.2 Å². The Balaban J connectivity index is 0. The maximum Gasteiger partial charge on any atom is 0.110 e. The van der Waals surface area contributed by atoms with E-state index in [1.165, 1.54) is 167 Å². The van der Waals surface area contributed by atoms with Crippen LogP contribution in [-0.4, -0.2) is 137 Å². The molecule has 2 fully saturated rings. The van der Waals surface area contributed by atoms with Crippen molar-refractivity contribution in [1.29, 1.82) is 0 Å². The summed E-state index contributed by atoms with van der Waals surface area (Å²) < 4.78 is 41.6. The Labute approximate surface area is 428 Å². The van der Waals surface area contributed by atoms with Crippen molar-refractivity contribution in [2.75, 3.05) is 79.8 Å². The van der Waals surface area contributed by atoms with Gasteiger partial charge in [-0.2, -0.15) is 0 Å². The molecule has 11 nitrogen and oxygen atoms in total. The second-order valence-electron chi connectivity index (χ2n) is 20.2. The Hall–Kier alpha value is -0.440. The minimum absolute atomic E-state index is 0. The lowest BCUT2D eigenvalue weighted by molar-refractivity contribution is -0.228. The van der Waals surface area contributed by atoms with Gasteiger partial charge in [0.1, 0.15) is 12.2 Å². The Morgan fingerprint density at radius 1 is 0.348 bits per heavy atom. The fourth-order valence-corrected chi connectivity index (χ4v) is 10.2. The molecule has 10 atom stereocenters. The zero-order valence-corrected chi connectivity index (χ0v) is 43.4. The molecule has 0 amide bonds. The third kappa shape index (κ3) is 33.9. The van der Waals surface area contributed by atoms with Crippen LogP contribution in [0.4, 0.5) is 0 Å². The topological polar surface area (TPSA) is 146 Å². The predicted molar refractivity (Wildman–Crippen MR) is 288 cm³/mol. The second-order valence-corrected chi connectivity index (χ2v) is 20.2. The average Bonchev–Trinajstić information content (AvgIpc) is 3.32. The summed E-state index contributed by atoms with van der Waals surface area (Å²) in [5, 5.41) is 44.4. The number of methoxy groups -OCH3 is 1. The number of hydrogen-bond acceptors (Lipinski definition) is 11. The quantitative estimate of drug-likeness (QED) is 0.0432. The van der Waals surface area contributed by atoms with Gasteiger partial charge in [-0.15, -0.1) is 0 Å². The van der Waals surface area contributed by atoms with Crippen LogP contribution in [-0.2, 0) is 33.2 Å². The van der Waals surface area contributed by atoms with Gasteiger partial charge in [0.25, 0.3) is 0 Å². The molecule has 4 unspecified atom stereocenters. The van der Waals surface area contributed by atoms with Gasteiger partial charge >= 0.3 is 0 Å². The normalized spacial score (nSPS) is 24.7. The molecule has 1 aliphatic heterocycles. The first-order valence-corrected chi connectivity index (χ1v) is 28.1. The van der Waals surface area contributed by atoms with Crippen LogP contribution in [0, 0.1) is 23.7 Å². The van der Waals surface area contributed by atoms with Crippen LogP contribution < -0.4 is 0 Å². The lowest BCUT2D eigenvalue weighted by Gasteiger charge is -2.44. The van der Waals surface area contributed by atoms with Crippen molar-refractivity contribution in [3.05, 3.63) is 0 Å². The molecule has 2 aliphatic rings. The van der Waals surface area contributed by atoms with Gasteiger partial charge in [-0.05, 0) is 31.6 Å². The zero-order chi connectivity index (χ0) is 47.7. The molecule has 0 bridgehead atoms. The molecule has 2 rings (SSSR count). The summed E-state index contributed by atoms with van der Waals surface area (Å²) in [5.74, 6) is -0.946. The fraction of sp³-hybridized carbons (Fsp3) is 1.00. The average molecular weight is 994 g/mol. The first-order chi connectivity index (χ1) is 32.4. The smallest absolute Gasteiger partial charge is 0.110 e. The van der Waals surface area contributed by atoms with Crippen LogP contribution in [0.3, 0.4) is 0 Å². The van der Waals surface area contributed by atoms with E-state index < -0.39 is 36.6 Å². The largest absolute Gasteiger partial charge is 0.390 e. The van der Waals surface area contributed by atoms with E-state index in [2.05, 4.69) is 13.8 Å². The van der Waals surface area contributed by atoms with Crippen molar-refractivity contribution in [2.24, 2.45) is 23.7 Å². The molecule has 0 aromatic carbocycles. The van der Waals surface area contributed by atoms with Crippen molar-refractivity contribution >= 4 is 0 Å². The molecule has 0 radical (unpaired) electrons. The highest BCUT2D eigenvalue weighted by molar-refractivity contribution is 4.94. The number of hydrogen-bond donors (Lipinski definition) is 4. The number of ether oxygens (including phenoxy) is 7. The molecule has 1 saturated carbocycles. The molecule has 0 aromatic rings.